The van der Waals surface area contributed by atoms with Gasteiger partial charge >= 0.3 is 0 Å². The third-order valence-corrected chi connectivity index (χ3v) is 2.58. The topological polar surface area (TPSA) is 33.1 Å². The van der Waals surface area contributed by atoms with Crippen molar-refractivity contribution >= 4 is 11.6 Å². The second kappa shape index (κ2) is 5.10. The minimum atomic E-state index is -0.584. The first kappa shape index (κ1) is 11.1. The zero-order valence-corrected chi connectivity index (χ0v) is 9.43. The van der Waals surface area contributed by atoms with Crippen LogP contribution in [0.1, 0.15) is 17.4 Å². The molecular weight excluding hydrogens is 222 g/mol. The molecule has 1 unspecified atom stereocenters. The Morgan fingerprint density at radius 3 is 2.75 bits per heavy atom. The lowest BCUT2D eigenvalue weighted by Gasteiger charge is -2.09. The molecule has 0 saturated heterocycles. The molecule has 1 aromatic carbocycles. The maximum atomic E-state index is 9.96. The molecule has 2 rings (SSSR count). The van der Waals surface area contributed by atoms with E-state index in [9.17, 15) is 5.11 Å². The summed E-state index contributed by atoms with van der Waals surface area (Å²) in [6, 6.07) is 13.0. The van der Waals surface area contributed by atoms with Crippen molar-refractivity contribution in [2.45, 2.75) is 12.5 Å². The SMILES string of the molecule is OC(Cc1cccc(Cl)c1)c1ccccn1. The average molecular weight is 234 g/mol. The van der Waals surface area contributed by atoms with E-state index in [1.165, 1.54) is 0 Å². The lowest BCUT2D eigenvalue weighted by atomic mass is 10.1. The molecule has 0 fully saturated rings. The Kier molecular flexibility index (Phi) is 3.54. The number of aromatic nitrogens is 1. The molecule has 1 atom stereocenters. The van der Waals surface area contributed by atoms with Crippen LogP contribution in [0.3, 0.4) is 0 Å². The summed E-state index contributed by atoms with van der Waals surface area (Å²) in [5.41, 5.74) is 1.69. The quantitative estimate of drug-likeness (QED) is 0.884. The number of nitrogens with zero attached hydrogens (tertiary/aromatic N) is 1. The van der Waals surface area contributed by atoms with E-state index in [2.05, 4.69) is 4.98 Å². The molecule has 1 N–H and O–H groups in total. The van der Waals surface area contributed by atoms with Crippen LogP contribution in [0.2, 0.25) is 5.02 Å². The normalized spacial score (nSPS) is 12.4. The van der Waals surface area contributed by atoms with Crippen molar-refractivity contribution in [1.29, 1.82) is 0 Å². The van der Waals surface area contributed by atoms with Crippen molar-refractivity contribution in [2.75, 3.05) is 0 Å². The Hall–Kier alpha value is -1.38. The van der Waals surface area contributed by atoms with Gasteiger partial charge in [-0.05, 0) is 29.8 Å². The predicted molar refractivity (Wildman–Crippen MR) is 64.4 cm³/mol. The number of aliphatic hydroxyl groups excluding tert-OH is 1. The summed E-state index contributed by atoms with van der Waals surface area (Å²) in [4.78, 5) is 4.11. The zero-order chi connectivity index (χ0) is 11.4. The van der Waals surface area contributed by atoms with E-state index in [1.807, 2.05) is 42.5 Å². The molecule has 16 heavy (non-hydrogen) atoms. The average Bonchev–Trinajstić information content (AvgIpc) is 2.30. The monoisotopic (exact) mass is 233 g/mol. The van der Waals surface area contributed by atoms with Crippen LogP contribution in [0.4, 0.5) is 0 Å². The van der Waals surface area contributed by atoms with Crippen LogP contribution in [0.5, 0.6) is 0 Å². The van der Waals surface area contributed by atoms with Crippen molar-refractivity contribution in [2.24, 2.45) is 0 Å². The van der Waals surface area contributed by atoms with E-state index < -0.39 is 6.10 Å². The Morgan fingerprint density at radius 2 is 2.06 bits per heavy atom. The van der Waals surface area contributed by atoms with E-state index in [4.69, 9.17) is 11.6 Å². The number of benzene rings is 1. The molecule has 0 aliphatic heterocycles. The first-order chi connectivity index (χ1) is 7.75. The van der Waals surface area contributed by atoms with E-state index >= 15 is 0 Å². The highest BCUT2D eigenvalue weighted by Gasteiger charge is 2.09. The first-order valence-electron chi connectivity index (χ1n) is 5.09. The summed E-state index contributed by atoms with van der Waals surface area (Å²) in [6.07, 6.45) is 1.62. The standard InChI is InChI=1S/C13H12ClNO/c14-11-5-3-4-10(8-11)9-13(16)12-6-1-2-7-15-12/h1-8,13,16H,9H2. The molecule has 0 amide bonds. The highest BCUT2D eigenvalue weighted by Crippen LogP contribution is 2.18. The molecule has 2 nitrogen and oxygen atoms in total. The number of halogens is 1. The van der Waals surface area contributed by atoms with Crippen molar-refractivity contribution < 1.29 is 5.11 Å². The summed E-state index contributed by atoms with van der Waals surface area (Å²) >= 11 is 5.88. The first-order valence-corrected chi connectivity index (χ1v) is 5.47. The Morgan fingerprint density at radius 1 is 1.19 bits per heavy atom. The third kappa shape index (κ3) is 2.81. The second-order valence-electron chi connectivity index (χ2n) is 3.60. The van der Waals surface area contributed by atoms with Crippen LogP contribution in [-0.2, 0) is 6.42 Å². The van der Waals surface area contributed by atoms with Gasteiger partial charge in [0.25, 0.3) is 0 Å². The minimum absolute atomic E-state index is 0.525. The number of hydrogen-bond donors (Lipinski definition) is 1. The fourth-order valence-electron chi connectivity index (χ4n) is 1.56. The molecule has 0 aliphatic carbocycles. The van der Waals surface area contributed by atoms with Gasteiger partial charge in [-0.3, -0.25) is 4.98 Å². The van der Waals surface area contributed by atoms with Gasteiger partial charge in [0.15, 0.2) is 0 Å². The number of aliphatic hydroxyl groups is 1. The fraction of sp³-hybridized carbons (Fsp3) is 0.154. The van der Waals surface area contributed by atoms with Crippen molar-refractivity contribution in [3.8, 4) is 0 Å². The highest BCUT2D eigenvalue weighted by atomic mass is 35.5. The van der Waals surface area contributed by atoms with Gasteiger partial charge in [0.1, 0.15) is 0 Å². The molecule has 1 heterocycles. The lowest BCUT2D eigenvalue weighted by molar-refractivity contribution is 0.173. The summed E-state index contributed by atoms with van der Waals surface area (Å²) in [5, 5.41) is 10.6. The zero-order valence-electron chi connectivity index (χ0n) is 8.68. The predicted octanol–water partition coefficient (Wildman–Crippen LogP) is 3.01. The molecule has 0 aliphatic rings. The van der Waals surface area contributed by atoms with Gasteiger partial charge in [-0.25, -0.2) is 0 Å². The van der Waals surface area contributed by atoms with E-state index in [-0.39, 0.29) is 0 Å². The van der Waals surface area contributed by atoms with Crippen molar-refractivity contribution in [1.82, 2.24) is 4.98 Å². The molecule has 0 bridgehead atoms. The third-order valence-electron chi connectivity index (χ3n) is 2.35. The fourth-order valence-corrected chi connectivity index (χ4v) is 1.78. The maximum absolute atomic E-state index is 9.96. The second-order valence-corrected chi connectivity index (χ2v) is 4.04. The number of rotatable bonds is 3. The van der Waals surface area contributed by atoms with Crippen LogP contribution >= 0.6 is 11.6 Å². The van der Waals surface area contributed by atoms with Gasteiger partial charge in [-0.2, -0.15) is 0 Å². The van der Waals surface area contributed by atoms with Crippen molar-refractivity contribution in [3.63, 3.8) is 0 Å². The van der Waals surface area contributed by atoms with Gasteiger partial charge in [-0.15, -0.1) is 0 Å². The molecule has 3 heteroatoms. The molecule has 0 radical (unpaired) electrons. The van der Waals surface area contributed by atoms with Gasteiger partial charge in [0.2, 0.25) is 0 Å². The molecule has 0 saturated carbocycles. The van der Waals surface area contributed by atoms with Crippen LogP contribution in [0, 0.1) is 0 Å². The van der Waals surface area contributed by atoms with Crippen LogP contribution in [0.25, 0.3) is 0 Å². The Bertz CT molecular complexity index is 458. The summed E-state index contributed by atoms with van der Waals surface area (Å²) in [6.45, 7) is 0. The van der Waals surface area contributed by atoms with Crippen LogP contribution in [-0.4, -0.2) is 10.1 Å². The summed E-state index contributed by atoms with van der Waals surface area (Å²) in [5.74, 6) is 0. The van der Waals surface area contributed by atoms with Gasteiger partial charge in [0, 0.05) is 17.6 Å². The van der Waals surface area contributed by atoms with Crippen LogP contribution < -0.4 is 0 Å². The Balaban J connectivity index is 2.11. The Labute approximate surface area is 99.5 Å². The van der Waals surface area contributed by atoms with Gasteiger partial charge in [0.05, 0.1) is 11.8 Å². The van der Waals surface area contributed by atoms with Gasteiger partial charge in [-0.1, -0.05) is 29.8 Å². The van der Waals surface area contributed by atoms with Crippen molar-refractivity contribution in [3.05, 3.63) is 64.9 Å². The number of hydrogen-bond acceptors (Lipinski definition) is 2. The molecule has 1 aromatic heterocycles. The van der Waals surface area contributed by atoms with E-state index in [0.717, 1.165) is 5.56 Å². The van der Waals surface area contributed by atoms with Gasteiger partial charge < -0.3 is 5.11 Å². The smallest absolute Gasteiger partial charge is 0.0999 e. The summed E-state index contributed by atoms with van der Waals surface area (Å²) < 4.78 is 0. The van der Waals surface area contributed by atoms with Crippen LogP contribution in [0.15, 0.2) is 48.7 Å². The summed E-state index contributed by atoms with van der Waals surface area (Å²) in [7, 11) is 0. The highest BCUT2D eigenvalue weighted by molar-refractivity contribution is 6.30. The van der Waals surface area contributed by atoms with E-state index in [1.54, 1.807) is 6.20 Å². The molecule has 0 spiro atoms. The number of pyridine rings is 1. The lowest BCUT2D eigenvalue weighted by Crippen LogP contribution is -2.03. The maximum Gasteiger partial charge on any atom is 0.0999 e. The van der Waals surface area contributed by atoms with E-state index in [0.29, 0.717) is 17.1 Å². The molecular formula is C13H12ClNO. The molecule has 2 aromatic rings. The largest absolute Gasteiger partial charge is 0.386 e. The minimum Gasteiger partial charge on any atom is -0.386 e. The molecule has 82 valence electrons.